The van der Waals surface area contributed by atoms with Gasteiger partial charge in [0.1, 0.15) is 6.04 Å². The number of carbonyl (C=O) groups excluding carboxylic acids is 2. The first-order chi connectivity index (χ1) is 11.0. The van der Waals surface area contributed by atoms with Gasteiger partial charge in [0.15, 0.2) is 0 Å². The van der Waals surface area contributed by atoms with E-state index in [-0.39, 0.29) is 18.4 Å². The van der Waals surface area contributed by atoms with Crippen LogP contribution in [0.5, 0.6) is 0 Å². The summed E-state index contributed by atoms with van der Waals surface area (Å²) in [6, 6.07) is -0.636. The number of hydrogen-bond acceptors (Lipinski definition) is 5. The second-order valence-electron chi connectivity index (χ2n) is 5.75. The molecule has 0 aromatic rings. The van der Waals surface area contributed by atoms with E-state index in [1.54, 1.807) is 11.9 Å². The van der Waals surface area contributed by atoms with Crippen LogP contribution in [0.1, 0.15) is 0 Å². The van der Waals surface area contributed by atoms with Crippen LogP contribution in [0.4, 0.5) is 8.78 Å². The molecule has 1 N–H and O–H groups in total. The molecule has 0 bridgehead atoms. The SMILES string of the molecule is CNC(=O)CN1CCN(C(=O)[C@@H]2COCCN2CC(F)F)CC1. The summed E-state index contributed by atoms with van der Waals surface area (Å²) in [5.74, 6) is -0.224. The van der Waals surface area contributed by atoms with Gasteiger partial charge in [0, 0.05) is 39.8 Å². The quantitative estimate of drug-likeness (QED) is 0.687. The number of hydrogen-bond donors (Lipinski definition) is 1. The lowest BCUT2D eigenvalue weighted by atomic mass is 10.1. The summed E-state index contributed by atoms with van der Waals surface area (Å²) in [6.07, 6.45) is -2.46. The number of nitrogens with one attached hydrogen (secondary N) is 1. The van der Waals surface area contributed by atoms with Crippen molar-refractivity contribution in [3.8, 4) is 0 Å². The van der Waals surface area contributed by atoms with Crippen molar-refractivity contribution in [1.29, 1.82) is 0 Å². The van der Waals surface area contributed by atoms with Crippen molar-refractivity contribution in [1.82, 2.24) is 20.0 Å². The van der Waals surface area contributed by atoms with Crippen molar-refractivity contribution in [3.63, 3.8) is 0 Å². The van der Waals surface area contributed by atoms with E-state index in [2.05, 4.69) is 5.32 Å². The van der Waals surface area contributed by atoms with Crippen molar-refractivity contribution >= 4 is 11.8 Å². The highest BCUT2D eigenvalue weighted by Gasteiger charge is 2.35. The summed E-state index contributed by atoms with van der Waals surface area (Å²) in [7, 11) is 1.59. The molecule has 7 nitrogen and oxygen atoms in total. The molecule has 2 aliphatic heterocycles. The minimum absolute atomic E-state index is 0.0615. The van der Waals surface area contributed by atoms with E-state index in [1.807, 2.05) is 4.90 Å². The molecule has 2 heterocycles. The lowest BCUT2D eigenvalue weighted by Crippen LogP contribution is -2.59. The Hall–Kier alpha value is -1.32. The predicted octanol–water partition coefficient (Wildman–Crippen LogP) is -1.16. The average Bonchev–Trinajstić information content (AvgIpc) is 2.55. The van der Waals surface area contributed by atoms with Crippen LogP contribution in [0.25, 0.3) is 0 Å². The summed E-state index contributed by atoms with van der Waals surface area (Å²) >= 11 is 0. The number of nitrogens with zero attached hydrogens (tertiary/aromatic N) is 3. The van der Waals surface area contributed by atoms with Crippen LogP contribution < -0.4 is 5.32 Å². The maximum absolute atomic E-state index is 12.7. The fourth-order valence-corrected chi connectivity index (χ4v) is 2.88. The topological polar surface area (TPSA) is 65.1 Å². The highest BCUT2D eigenvalue weighted by molar-refractivity contribution is 5.82. The Bertz CT molecular complexity index is 417. The van der Waals surface area contributed by atoms with E-state index in [4.69, 9.17) is 4.74 Å². The summed E-state index contributed by atoms with van der Waals surface area (Å²) < 4.78 is 30.6. The molecule has 1 atom stereocenters. The van der Waals surface area contributed by atoms with Gasteiger partial charge < -0.3 is 15.0 Å². The molecule has 23 heavy (non-hydrogen) atoms. The molecule has 0 aliphatic carbocycles. The third kappa shape index (κ3) is 5.08. The Morgan fingerprint density at radius 3 is 2.52 bits per heavy atom. The standard InChI is InChI=1S/C14H24F2N4O3/c1-17-13(21)9-18-2-4-19(5-3-18)14(22)11-10-23-7-6-20(11)8-12(15)16/h11-12H,2-10H2,1H3,(H,17,21)/t11-/m0/s1. The smallest absolute Gasteiger partial charge is 0.251 e. The number of rotatable bonds is 5. The number of morpholine rings is 1. The molecule has 2 fully saturated rings. The molecule has 2 saturated heterocycles. The predicted molar refractivity (Wildman–Crippen MR) is 79.3 cm³/mol. The van der Waals surface area contributed by atoms with Crippen LogP contribution in [0.3, 0.4) is 0 Å². The van der Waals surface area contributed by atoms with Crippen molar-refractivity contribution in [2.75, 3.05) is 66.1 Å². The number of likely N-dealkylation sites (N-methyl/N-ethyl adjacent to an activating group) is 1. The molecular weight excluding hydrogens is 310 g/mol. The summed E-state index contributed by atoms with van der Waals surface area (Å²) in [4.78, 5) is 29.1. The molecule has 0 spiro atoms. The fraction of sp³-hybridized carbons (Fsp3) is 0.857. The number of amides is 2. The largest absolute Gasteiger partial charge is 0.378 e. The molecule has 0 unspecified atom stereocenters. The van der Waals surface area contributed by atoms with Crippen LogP contribution in [-0.2, 0) is 14.3 Å². The third-order valence-electron chi connectivity index (χ3n) is 4.23. The highest BCUT2D eigenvalue weighted by Crippen LogP contribution is 2.14. The first-order valence-electron chi connectivity index (χ1n) is 7.83. The van der Waals surface area contributed by atoms with Gasteiger partial charge in [0.25, 0.3) is 6.43 Å². The van der Waals surface area contributed by atoms with Gasteiger partial charge in [0.2, 0.25) is 11.8 Å². The van der Waals surface area contributed by atoms with Crippen LogP contribution in [-0.4, -0.2) is 105 Å². The second-order valence-corrected chi connectivity index (χ2v) is 5.75. The molecule has 0 aromatic heterocycles. The van der Waals surface area contributed by atoms with E-state index in [1.165, 1.54) is 4.90 Å². The Morgan fingerprint density at radius 1 is 1.22 bits per heavy atom. The number of alkyl halides is 2. The second kappa shape index (κ2) is 8.51. The maximum Gasteiger partial charge on any atom is 0.251 e. The van der Waals surface area contributed by atoms with E-state index in [0.29, 0.717) is 45.9 Å². The first-order valence-corrected chi connectivity index (χ1v) is 7.83. The van der Waals surface area contributed by atoms with Crippen molar-refractivity contribution in [2.45, 2.75) is 12.5 Å². The first kappa shape index (κ1) is 18.0. The Balaban J connectivity index is 1.86. The molecule has 132 valence electrons. The average molecular weight is 334 g/mol. The van der Waals surface area contributed by atoms with Gasteiger partial charge in [-0.3, -0.25) is 19.4 Å². The summed E-state index contributed by atoms with van der Waals surface area (Å²) in [6.45, 7) is 2.96. The third-order valence-corrected chi connectivity index (χ3v) is 4.23. The lowest BCUT2D eigenvalue weighted by Gasteiger charge is -2.40. The Kier molecular flexibility index (Phi) is 6.67. The summed E-state index contributed by atoms with van der Waals surface area (Å²) in [5.41, 5.74) is 0. The minimum Gasteiger partial charge on any atom is -0.378 e. The van der Waals surface area contributed by atoms with Gasteiger partial charge >= 0.3 is 0 Å². The molecule has 0 radical (unpaired) electrons. The van der Waals surface area contributed by atoms with E-state index in [0.717, 1.165) is 0 Å². The zero-order valence-corrected chi connectivity index (χ0v) is 13.3. The van der Waals surface area contributed by atoms with Gasteiger partial charge in [-0.2, -0.15) is 0 Å². The van der Waals surface area contributed by atoms with Crippen LogP contribution >= 0.6 is 0 Å². The monoisotopic (exact) mass is 334 g/mol. The van der Waals surface area contributed by atoms with E-state index in [9.17, 15) is 18.4 Å². The molecule has 0 aromatic carbocycles. The van der Waals surface area contributed by atoms with Gasteiger partial charge in [-0.05, 0) is 0 Å². The Morgan fingerprint density at radius 2 is 1.91 bits per heavy atom. The fourth-order valence-electron chi connectivity index (χ4n) is 2.88. The van der Waals surface area contributed by atoms with E-state index < -0.39 is 19.0 Å². The molecule has 2 amide bonds. The van der Waals surface area contributed by atoms with Crippen molar-refractivity contribution in [2.24, 2.45) is 0 Å². The molecule has 9 heteroatoms. The van der Waals surface area contributed by atoms with Gasteiger partial charge in [-0.1, -0.05) is 0 Å². The van der Waals surface area contributed by atoms with Crippen LogP contribution in [0.15, 0.2) is 0 Å². The highest BCUT2D eigenvalue weighted by atomic mass is 19.3. The maximum atomic E-state index is 12.7. The zero-order chi connectivity index (χ0) is 16.8. The normalized spacial score (nSPS) is 24.0. The van der Waals surface area contributed by atoms with E-state index >= 15 is 0 Å². The number of piperazine rings is 1. The molecule has 2 aliphatic rings. The minimum atomic E-state index is -2.46. The summed E-state index contributed by atoms with van der Waals surface area (Å²) in [5, 5.41) is 2.57. The molecule has 2 rings (SSSR count). The Labute approximate surface area is 134 Å². The lowest BCUT2D eigenvalue weighted by molar-refractivity contribution is -0.146. The van der Waals surface area contributed by atoms with Crippen LogP contribution in [0.2, 0.25) is 0 Å². The number of ether oxygens (including phenoxy) is 1. The zero-order valence-electron chi connectivity index (χ0n) is 13.3. The molecular formula is C14H24F2N4O3. The van der Waals surface area contributed by atoms with Gasteiger partial charge in [-0.25, -0.2) is 8.78 Å². The van der Waals surface area contributed by atoms with Gasteiger partial charge in [0.05, 0.1) is 26.3 Å². The number of halogens is 2. The van der Waals surface area contributed by atoms with Crippen LogP contribution in [0, 0.1) is 0 Å². The van der Waals surface area contributed by atoms with Crippen molar-refractivity contribution < 1.29 is 23.1 Å². The van der Waals surface area contributed by atoms with Gasteiger partial charge in [-0.15, -0.1) is 0 Å². The number of carbonyl (C=O) groups is 2. The van der Waals surface area contributed by atoms with Crippen molar-refractivity contribution in [3.05, 3.63) is 0 Å². The molecule has 0 saturated carbocycles.